The minimum atomic E-state index is -0.595. The smallest absolute Gasteiger partial charge is 0.0991 e. The third-order valence-electron chi connectivity index (χ3n) is 3.81. The van der Waals surface area contributed by atoms with E-state index in [4.69, 9.17) is 5.26 Å². The molecule has 0 aliphatic carbocycles. The monoisotopic (exact) mass is 283 g/mol. The Bertz CT molecular complexity index is 606. The molecule has 0 bridgehead atoms. The van der Waals surface area contributed by atoms with Crippen molar-refractivity contribution < 1.29 is 5.11 Å². The topological polar surface area (TPSA) is 61.8 Å². The highest BCUT2D eigenvalue weighted by Gasteiger charge is 2.13. The number of nitriles is 1. The van der Waals surface area contributed by atoms with E-state index in [1.54, 1.807) is 24.3 Å². The van der Waals surface area contributed by atoms with E-state index in [0.29, 0.717) is 18.0 Å². The van der Waals surface area contributed by atoms with Gasteiger partial charge in [0.2, 0.25) is 0 Å². The summed E-state index contributed by atoms with van der Waals surface area (Å²) in [7, 11) is 0. The SMILES string of the molecule is CCC(CC)n1ccc(CC(O)c2ccc(C#N)cc2)n1. The first-order valence-corrected chi connectivity index (χ1v) is 7.40. The number of aliphatic hydroxyl groups is 1. The molecule has 0 saturated carbocycles. The van der Waals surface area contributed by atoms with E-state index in [-0.39, 0.29) is 0 Å². The van der Waals surface area contributed by atoms with Crippen LogP contribution in [-0.2, 0) is 6.42 Å². The van der Waals surface area contributed by atoms with Gasteiger partial charge in [0, 0.05) is 12.6 Å². The van der Waals surface area contributed by atoms with Crippen LogP contribution in [0.1, 0.15) is 55.7 Å². The summed E-state index contributed by atoms with van der Waals surface area (Å²) in [6.07, 6.45) is 3.98. The number of nitrogens with zero attached hydrogens (tertiary/aromatic N) is 3. The van der Waals surface area contributed by atoms with E-state index >= 15 is 0 Å². The number of hydrogen-bond acceptors (Lipinski definition) is 3. The van der Waals surface area contributed by atoms with Crippen molar-refractivity contribution in [2.24, 2.45) is 0 Å². The second-order valence-electron chi connectivity index (χ2n) is 5.21. The van der Waals surface area contributed by atoms with Gasteiger partial charge in [-0.2, -0.15) is 10.4 Å². The van der Waals surface area contributed by atoms with E-state index in [1.807, 2.05) is 16.9 Å². The Morgan fingerprint density at radius 3 is 2.43 bits per heavy atom. The molecule has 4 nitrogen and oxygen atoms in total. The maximum atomic E-state index is 10.3. The van der Waals surface area contributed by atoms with Gasteiger partial charge in [0.25, 0.3) is 0 Å². The number of benzene rings is 1. The molecule has 4 heteroatoms. The van der Waals surface area contributed by atoms with Crippen LogP contribution in [-0.4, -0.2) is 14.9 Å². The van der Waals surface area contributed by atoms with E-state index in [1.165, 1.54) is 0 Å². The maximum absolute atomic E-state index is 10.3. The summed E-state index contributed by atoms with van der Waals surface area (Å²) in [5.41, 5.74) is 2.30. The second-order valence-corrected chi connectivity index (χ2v) is 5.21. The molecule has 1 heterocycles. The molecule has 1 unspecified atom stereocenters. The van der Waals surface area contributed by atoms with E-state index < -0.39 is 6.10 Å². The van der Waals surface area contributed by atoms with Gasteiger partial charge in [-0.1, -0.05) is 26.0 Å². The predicted molar refractivity (Wildman–Crippen MR) is 81.7 cm³/mol. The van der Waals surface area contributed by atoms with Gasteiger partial charge < -0.3 is 5.11 Å². The molecule has 0 amide bonds. The van der Waals surface area contributed by atoms with Crippen LogP contribution < -0.4 is 0 Å². The Morgan fingerprint density at radius 1 is 1.19 bits per heavy atom. The largest absolute Gasteiger partial charge is 0.388 e. The standard InChI is InChI=1S/C17H21N3O/c1-3-16(4-2)20-10-9-15(19-20)11-17(21)14-7-5-13(12-18)6-8-14/h5-10,16-17,21H,3-4,11H2,1-2H3. The van der Waals surface area contributed by atoms with Crippen LogP contribution >= 0.6 is 0 Å². The lowest BCUT2D eigenvalue weighted by Gasteiger charge is -2.13. The van der Waals surface area contributed by atoms with Crippen LogP contribution in [0, 0.1) is 11.3 Å². The van der Waals surface area contributed by atoms with Crippen molar-refractivity contribution in [3.8, 4) is 6.07 Å². The van der Waals surface area contributed by atoms with E-state index in [0.717, 1.165) is 24.1 Å². The molecule has 1 aromatic carbocycles. The van der Waals surface area contributed by atoms with Crippen LogP contribution in [0.15, 0.2) is 36.5 Å². The third kappa shape index (κ3) is 3.71. The summed E-state index contributed by atoms with van der Waals surface area (Å²) in [4.78, 5) is 0. The van der Waals surface area contributed by atoms with Crippen LogP contribution in [0.25, 0.3) is 0 Å². The van der Waals surface area contributed by atoms with Crippen molar-refractivity contribution in [1.29, 1.82) is 5.26 Å². The average molecular weight is 283 g/mol. The van der Waals surface area contributed by atoms with Crippen molar-refractivity contribution in [2.45, 2.75) is 45.3 Å². The summed E-state index contributed by atoms with van der Waals surface area (Å²) in [5, 5.41) is 23.6. The zero-order valence-electron chi connectivity index (χ0n) is 12.5. The molecule has 1 atom stereocenters. The fourth-order valence-electron chi connectivity index (χ4n) is 2.45. The highest BCUT2D eigenvalue weighted by Crippen LogP contribution is 2.20. The van der Waals surface area contributed by atoms with Crippen LogP contribution in [0.5, 0.6) is 0 Å². The molecule has 0 saturated heterocycles. The first-order valence-electron chi connectivity index (χ1n) is 7.40. The highest BCUT2D eigenvalue weighted by atomic mass is 16.3. The third-order valence-corrected chi connectivity index (χ3v) is 3.81. The Labute approximate surface area is 125 Å². The Morgan fingerprint density at radius 2 is 1.86 bits per heavy atom. The number of rotatable bonds is 6. The predicted octanol–water partition coefficient (Wildman–Crippen LogP) is 3.39. The van der Waals surface area contributed by atoms with Crippen LogP contribution in [0.2, 0.25) is 0 Å². The molecule has 110 valence electrons. The molecule has 0 aliphatic rings. The second kappa shape index (κ2) is 7.05. The number of aliphatic hydroxyl groups excluding tert-OH is 1. The van der Waals surface area contributed by atoms with Gasteiger partial charge in [-0.15, -0.1) is 0 Å². The Kier molecular flexibility index (Phi) is 5.13. The lowest BCUT2D eigenvalue weighted by atomic mass is 10.0. The Balaban J connectivity index is 2.05. The molecule has 21 heavy (non-hydrogen) atoms. The summed E-state index contributed by atoms with van der Waals surface area (Å²) < 4.78 is 1.99. The van der Waals surface area contributed by atoms with Crippen molar-refractivity contribution in [3.05, 3.63) is 53.3 Å². The van der Waals surface area contributed by atoms with Crippen molar-refractivity contribution in [3.63, 3.8) is 0 Å². The van der Waals surface area contributed by atoms with Crippen LogP contribution in [0.3, 0.4) is 0 Å². The number of hydrogen-bond donors (Lipinski definition) is 1. The van der Waals surface area contributed by atoms with Gasteiger partial charge in [0.05, 0.1) is 29.5 Å². The van der Waals surface area contributed by atoms with Gasteiger partial charge in [0.15, 0.2) is 0 Å². The van der Waals surface area contributed by atoms with Gasteiger partial charge in [0.1, 0.15) is 0 Å². The maximum Gasteiger partial charge on any atom is 0.0991 e. The molecular formula is C17H21N3O. The molecule has 2 aromatic rings. The minimum Gasteiger partial charge on any atom is -0.388 e. The normalized spacial score (nSPS) is 12.3. The van der Waals surface area contributed by atoms with Gasteiger partial charge in [-0.25, -0.2) is 0 Å². The summed E-state index contributed by atoms with van der Waals surface area (Å²) in [5.74, 6) is 0. The van der Waals surface area contributed by atoms with Crippen molar-refractivity contribution in [1.82, 2.24) is 9.78 Å². The molecule has 0 radical (unpaired) electrons. The highest BCUT2D eigenvalue weighted by molar-refractivity contribution is 5.32. The molecule has 1 N–H and O–H groups in total. The fraction of sp³-hybridized carbons (Fsp3) is 0.412. The number of aromatic nitrogens is 2. The Hall–Kier alpha value is -2.12. The first kappa shape index (κ1) is 15.3. The molecule has 0 aliphatic heterocycles. The lowest BCUT2D eigenvalue weighted by molar-refractivity contribution is 0.176. The lowest BCUT2D eigenvalue weighted by Crippen LogP contribution is -2.09. The molecular weight excluding hydrogens is 262 g/mol. The quantitative estimate of drug-likeness (QED) is 0.884. The average Bonchev–Trinajstić information content (AvgIpc) is 2.97. The zero-order valence-corrected chi connectivity index (χ0v) is 12.5. The minimum absolute atomic E-state index is 0.422. The van der Waals surface area contributed by atoms with Crippen molar-refractivity contribution in [2.75, 3.05) is 0 Å². The fourth-order valence-corrected chi connectivity index (χ4v) is 2.45. The molecule has 1 aromatic heterocycles. The first-order chi connectivity index (χ1) is 10.2. The summed E-state index contributed by atoms with van der Waals surface area (Å²) in [6.45, 7) is 4.31. The molecule has 0 fully saturated rings. The zero-order chi connectivity index (χ0) is 15.2. The summed E-state index contributed by atoms with van der Waals surface area (Å²) in [6, 6.07) is 11.5. The van der Waals surface area contributed by atoms with Crippen LogP contribution in [0.4, 0.5) is 0 Å². The molecule has 2 rings (SSSR count). The van der Waals surface area contributed by atoms with Gasteiger partial charge in [-0.3, -0.25) is 4.68 Å². The van der Waals surface area contributed by atoms with E-state index in [2.05, 4.69) is 25.0 Å². The van der Waals surface area contributed by atoms with Gasteiger partial charge >= 0.3 is 0 Å². The molecule has 0 spiro atoms. The van der Waals surface area contributed by atoms with E-state index in [9.17, 15) is 5.11 Å². The van der Waals surface area contributed by atoms with Gasteiger partial charge in [-0.05, 0) is 36.6 Å². The van der Waals surface area contributed by atoms with Crippen molar-refractivity contribution >= 4 is 0 Å². The summed E-state index contributed by atoms with van der Waals surface area (Å²) >= 11 is 0.